The van der Waals surface area contributed by atoms with E-state index in [0.29, 0.717) is 12.8 Å². The molecule has 0 rings (SSSR count). The molecule has 0 aliphatic rings. The Kier molecular flexibility index (Phi) is 28.5. The fraction of sp³-hybridized carbons (Fsp3) is 0.788. The number of hydrogen-bond donors (Lipinski definition) is 5. The van der Waals surface area contributed by atoms with Crippen LogP contribution in [0.1, 0.15) is 129 Å². The summed E-state index contributed by atoms with van der Waals surface area (Å²) in [6.07, 6.45) is 28.1. The maximum absolute atomic E-state index is 12.7. The predicted molar refractivity (Wildman–Crippen MR) is 177 cm³/mol. The van der Waals surface area contributed by atoms with Gasteiger partial charge in [-0.1, -0.05) is 121 Å². The number of aliphatic hydroxyl groups excluding tert-OH is 2. The van der Waals surface area contributed by atoms with E-state index in [-0.39, 0.29) is 19.6 Å². The highest BCUT2D eigenvalue weighted by Crippen LogP contribution is 2.43. The van der Waals surface area contributed by atoms with E-state index in [9.17, 15) is 24.5 Å². The lowest BCUT2D eigenvalue weighted by Gasteiger charge is -2.24. The van der Waals surface area contributed by atoms with Crippen molar-refractivity contribution < 1.29 is 33.5 Å². The van der Waals surface area contributed by atoms with E-state index in [4.69, 9.17) is 14.8 Å². The molecule has 1 amide bonds. The van der Waals surface area contributed by atoms with Crippen molar-refractivity contribution in [1.29, 1.82) is 0 Å². The molecule has 0 fully saturated rings. The molecule has 0 saturated carbocycles. The van der Waals surface area contributed by atoms with E-state index in [1.54, 1.807) is 12.2 Å². The maximum Gasteiger partial charge on any atom is 0.472 e. The summed E-state index contributed by atoms with van der Waals surface area (Å²) in [6, 6.07) is -0.999. The summed E-state index contributed by atoms with van der Waals surface area (Å²) in [6.45, 7) is 3.81. The molecular formula is C33H63N2O7P. The van der Waals surface area contributed by atoms with Crippen molar-refractivity contribution in [3.8, 4) is 0 Å². The van der Waals surface area contributed by atoms with Gasteiger partial charge in [0, 0.05) is 6.54 Å². The zero-order chi connectivity index (χ0) is 32.0. The average Bonchev–Trinajstić information content (AvgIpc) is 2.97. The van der Waals surface area contributed by atoms with Gasteiger partial charge in [-0.15, -0.1) is 0 Å². The summed E-state index contributed by atoms with van der Waals surface area (Å²) >= 11 is 0. The quantitative estimate of drug-likeness (QED) is 0.0323. The van der Waals surface area contributed by atoms with E-state index >= 15 is 0 Å². The number of carbonyl (C=O) groups is 1. The van der Waals surface area contributed by atoms with Crippen LogP contribution in [0.3, 0.4) is 0 Å². The van der Waals surface area contributed by atoms with Crippen LogP contribution in [0.2, 0.25) is 0 Å². The normalized spacial score (nSPS) is 15.8. The second-order valence-corrected chi connectivity index (χ2v) is 12.6. The number of unbranched alkanes of at least 4 members (excludes halogenated alkanes) is 12. The van der Waals surface area contributed by atoms with Gasteiger partial charge in [-0.05, 0) is 38.5 Å². The van der Waals surface area contributed by atoms with Gasteiger partial charge in [0.25, 0.3) is 0 Å². The molecule has 0 aromatic heterocycles. The molecule has 4 atom stereocenters. The molecule has 4 unspecified atom stereocenters. The fourth-order valence-electron chi connectivity index (χ4n) is 4.45. The minimum atomic E-state index is -4.39. The lowest BCUT2D eigenvalue weighted by molar-refractivity contribution is -0.124. The van der Waals surface area contributed by atoms with Gasteiger partial charge in [0.05, 0.1) is 37.9 Å². The second kappa shape index (κ2) is 29.4. The van der Waals surface area contributed by atoms with Gasteiger partial charge in [-0.2, -0.15) is 0 Å². The van der Waals surface area contributed by atoms with Crippen molar-refractivity contribution in [3.05, 3.63) is 36.5 Å². The summed E-state index contributed by atoms with van der Waals surface area (Å²) in [7, 11) is -4.39. The first-order valence-electron chi connectivity index (χ1n) is 16.7. The van der Waals surface area contributed by atoms with Crippen molar-refractivity contribution in [3.63, 3.8) is 0 Å². The fourth-order valence-corrected chi connectivity index (χ4v) is 5.21. The first kappa shape index (κ1) is 41.7. The molecule has 252 valence electrons. The molecule has 43 heavy (non-hydrogen) atoms. The highest BCUT2D eigenvalue weighted by Gasteiger charge is 2.27. The van der Waals surface area contributed by atoms with Crippen LogP contribution in [0.25, 0.3) is 0 Å². The van der Waals surface area contributed by atoms with Gasteiger partial charge >= 0.3 is 7.82 Å². The number of allylic oxidation sites excluding steroid dienone is 5. The maximum atomic E-state index is 12.7. The third-order valence-electron chi connectivity index (χ3n) is 6.98. The molecular weight excluding hydrogens is 567 g/mol. The predicted octanol–water partition coefficient (Wildman–Crippen LogP) is 7.02. The molecule has 0 aliphatic heterocycles. The number of phosphoric acid groups is 1. The number of aliphatic hydroxyl groups is 2. The minimum Gasteiger partial charge on any atom is -0.393 e. The van der Waals surface area contributed by atoms with E-state index < -0.39 is 38.6 Å². The van der Waals surface area contributed by atoms with Crippen LogP contribution in [-0.4, -0.2) is 59.0 Å². The molecule has 6 N–H and O–H groups in total. The van der Waals surface area contributed by atoms with Gasteiger partial charge in [-0.25, -0.2) is 4.57 Å². The number of phosphoric ester groups is 1. The Balaban J connectivity index is 4.62. The van der Waals surface area contributed by atoms with Gasteiger partial charge in [0.2, 0.25) is 5.91 Å². The Morgan fingerprint density at radius 3 is 1.88 bits per heavy atom. The number of carbonyl (C=O) groups excluding carboxylic acids is 1. The van der Waals surface area contributed by atoms with E-state index in [1.165, 1.54) is 44.9 Å². The van der Waals surface area contributed by atoms with Crippen molar-refractivity contribution in [2.75, 3.05) is 19.8 Å². The van der Waals surface area contributed by atoms with E-state index in [1.807, 2.05) is 0 Å². The van der Waals surface area contributed by atoms with Crippen molar-refractivity contribution >= 4 is 13.7 Å². The number of rotatable bonds is 30. The largest absolute Gasteiger partial charge is 0.472 e. The van der Waals surface area contributed by atoms with E-state index in [0.717, 1.165) is 51.4 Å². The van der Waals surface area contributed by atoms with Crippen LogP contribution in [0.4, 0.5) is 0 Å². The molecule has 0 spiro atoms. The molecule has 0 aromatic rings. The molecule has 0 heterocycles. The zero-order valence-electron chi connectivity index (χ0n) is 27.0. The van der Waals surface area contributed by atoms with Gasteiger partial charge in [-0.3, -0.25) is 13.8 Å². The van der Waals surface area contributed by atoms with Crippen LogP contribution in [0.5, 0.6) is 0 Å². The minimum absolute atomic E-state index is 0.0420. The third-order valence-corrected chi connectivity index (χ3v) is 7.97. The van der Waals surface area contributed by atoms with Crippen molar-refractivity contribution in [2.24, 2.45) is 5.73 Å². The van der Waals surface area contributed by atoms with Crippen molar-refractivity contribution in [2.45, 2.75) is 148 Å². The molecule has 0 radical (unpaired) electrons. The molecule has 0 saturated heterocycles. The van der Waals surface area contributed by atoms with Crippen molar-refractivity contribution in [1.82, 2.24) is 5.32 Å². The number of nitrogens with one attached hydrogen (secondary N) is 1. The Labute approximate surface area is 262 Å². The summed E-state index contributed by atoms with van der Waals surface area (Å²) in [5.41, 5.74) is 5.32. The lowest BCUT2D eigenvalue weighted by Crippen LogP contribution is -2.46. The third kappa shape index (κ3) is 27.9. The van der Waals surface area contributed by atoms with Gasteiger partial charge < -0.3 is 26.2 Å². The smallest absolute Gasteiger partial charge is 0.393 e. The van der Waals surface area contributed by atoms with Crippen LogP contribution < -0.4 is 11.1 Å². The Hall–Kier alpha value is -1.32. The Morgan fingerprint density at radius 1 is 0.791 bits per heavy atom. The van der Waals surface area contributed by atoms with Gasteiger partial charge in [0.1, 0.15) is 0 Å². The SMILES string of the molecule is CCC/C=C/CC/C=C/CC/C=C/C(O)C(COP(=O)(O)OCCN)NC(=O)CC(O)CCCCCCCCCCCC. The highest BCUT2D eigenvalue weighted by molar-refractivity contribution is 7.47. The number of amides is 1. The Morgan fingerprint density at radius 2 is 1.33 bits per heavy atom. The lowest BCUT2D eigenvalue weighted by atomic mass is 10.0. The zero-order valence-corrected chi connectivity index (χ0v) is 27.9. The first-order valence-corrected chi connectivity index (χ1v) is 18.2. The summed E-state index contributed by atoms with van der Waals surface area (Å²) < 4.78 is 21.8. The van der Waals surface area contributed by atoms with Gasteiger partial charge in [0.15, 0.2) is 0 Å². The summed E-state index contributed by atoms with van der Waals surface area (Å²) in [5, 5.41) is 23.7. The van der Waals surface area contributed by atoms with Crippen LogP contribution in [0, 0.1) is 0 Å². The topological polar surface area (TPSA) is 151 Å². The number of hydrogen-bond acceptors (Lipinski definition) is 7. The molecule has 9 nitrogen and oxygen atoms in total. The Bertz CT molecular complexity index is 791. The first-order chi connectivity index (χ1) is 20.8. The van der Waals surface area contributed by atoms with E-state index in [2.05, 4.69) is 43.5 Å². The second-order valence-electron chi connectivity index (χ2n) is 11.2. The highest BCUT2D eigenvalue weighted by atomic mass is 31.2. The van der Waals surface area contributed by atoms with Crippen LogP contribution in [0.15, 0.2) is 36.5 Å². The standard InChI is InChI=1S/C33H63N2O7P/c1-3-5-7-9-11-13-15-17-19-21-23-25-32(37)31(29-42-43(39,40)41-27-26-34)35-33(38)28-30(36)24-22-20-18-16-14-12-10-8-6-4-2/h7,9,15,17,23,25,30-32,36-37H,3-6,8,10-14,16,18-22,24,26-29,34H2,1-2H3,(H,35,38)(H,39,40)/b9-7+,17-15+,25-23+. The van der Waals surface area contributed by atoms with Crippen LogP contribution >= 0.6 is 7.82 Å². The monoisotopic (exact) mass is 630 g/mol. The summed E-state index contributed by atoms with van der Waals surface area (Å²) in [4.78, 5) is 22.5. The number of nitrogens with two attached hydrogens (primary N) is 1. The molecule has 0 bridgehead atoms. The molecule has 0 aromatic carbocycles. The van der Waals surface area contributed by atoms with Crippen LogP contribution in [-0.2, 0) is 18.4 Å². The average molecular weight is 631 g/mol. The molecule has 0 aliphatic carbocycles. The summed E-state index contributed by atoms with van der Waals surface area (Å²) in [5.74, 6) is -0.466. The molecule has 10 heteroatoms.